The van der Waals surface area contributed by atoms with Crippen LogP contribution in [0.1, 0.15) is 15.9 Å². The minimum absolute atomic E-state index is 0.208. The fraction of sp³-hybridized carbons (Fsp3) is 0.0417. The minimum Gasteiger partial charge on any atom is -0.457 e. The molecule has 0 N–H and O–H groups in total. The van der Waals surface area contributed by atoms with Gasteiger partial charge in [-0.25, -0.2) is 4.79 Å². The molecule has 0 saturated heterocycles. The van der Waals surface area contributed by atoms with Crippen LogP contribution in [0.4, 0.5) is 0 Å². The van der Waals surface area contributed by atoms with Gasteiger partial charge < -0.3 is 9.47 Å². The first kappa shape index (κ1) is 16.9. The summed E-state index contributed by atoms with van der Waals surface area (Å²) in [5.41, 5.74) is 1.38. The van der Waals surface area contributed by atoms with Gasteiger partial charge in [0.1, 0.15) is 23.7 Å². The molecule has 4 aromatic carbocycles. The van der Waals surface area contributed by atoms with Crippen LogP contribution in [0, 0.1) is 0 Å². The normalized spacial score (nSPS) is 10.5. The third-order valence-electron chi connectivity index (χ3n) is 4.32. The molecule has 27 heavy (non-hydrogen) atoms. The van der Waals surface area contributed by atoms with Crippen molar-refractivity contribution in [1.29, 1.82) is 0 Å². The van der Waals surface area contributed by atoms with Crippen molar-refractivity contribution in [2.75, 3.05) is 0 Å². The highest BCUT2D eigenvalue weighted by Gasteiger charge is 2.15. The van der Waals surface area contributed by atoms with Crippen molar-refractivity contribution in [2.45, 2.75) is 6.61 Å². The summed E-state index contributed by atoms with van der Waals surface area (Å²) in [5.74, 6) is 0.743. The third-order valence-corrected chi connectivity index (χ3v) is 4.32. The van der Waals surface area contributed by atoms with Crippen molar-refractivity contribution in [1.82, 2.24) is 0 Å². The second-order valence-corrected chi connectivity index (χ2v) is 6.13. The first-order valence-electron chi connectivity index (χ1n) is 8.77. The highest BCUT2D eigenvalue weighted by molar-refractivity contribution is 5.93. The molecule has 0 radical (unpaired) electrons. The number of fused-ring (bicyclic) bond motifs is 1. The molecule has 0 aliphatic heterocycles. The number of hydrogen-bond donors (Lipinski definition) is 0. The van der Waals surface area contributed by atoms with Crippen LogP contribution in [-0.2, 0) is 11.3 Å². The average molecular weight is 354 g/mol. The highest BCUT2D eigenvalue weighted by atomic mass is 16.5. The second-order valence-electron chi connectivity index (χ2n) is 6.13. The van der Waals surface area contributed by atoms with E-state index in [1.165, 1.54) is 0 Å². The van der Waals surface area contributed by atoms with Gasteiger partial charge in [0.2, 0.25) is 0 Å². The first-order chi connectivity index (χ1) is 13.3. The summed E-state index contributed by atoms with van der Waals surface area (Å²) in [4.78, 5) is 12.7. The second kappa shape index (κ2) is 7.75. The van der Waals surface area contributed by atoms with E-state index in [1.54, 1.807) is 18.2 Å². The van der Waals surface area contributed by atoms with E-state index in [2.05, 4.69) is 0 Å². The lowest BCUT2D eigenvalue weighted by Gasteiger charge is -2.12. The van der Waals surface area contributed by atoms with Crippen molar-refractivity contribution >= 4 is 16.7 Å². The number of carbonyl (C=O) groups excluding carboxylic acids is 1. The molecule has 0 aromatic heterocycles. The molecule has 0 aliphatic carbocycles. The monoisotopic (exact) mass is 354 g/mol. The molecule has 0 amide bonds. The molecule has 0 fully saturated rings. The Kier molecular flexibility index (Phi) is 4.84. The molecule has 3 nitrogen and oxygen atoms in total. The van der Waals surface area contributed by atoms with Crippen LogP contribution in [0.5, 0.6) is 11.5 Å². The Balaban J connectivity index is 1.53. The number of para-hydroxylation sites is 2. The lowest BCUT2D eigenvalue weighted by atomic mass is 10.1. The van der Waals surface area contributed by atoms with Gasteiger partial charge in [-0.1, -0.05) is 72.8 Å². The molecular weight excluding hydrogens is 336 g/mol. The molecule has 0 unspecified atom stereocenters. The Bertz CT molecular complexity index is 1070. The molecule has 0 spiro atoms. The zero-order valence-electron chi connectivity index (χ0n) is 14.7. The lowest BCUT2D eigenvalue weighted by Crippen LogP contribution is -2.07. The van der Waals surface area contributed by atoms with Gasteiger partial charge in [-0.3, -0.25) is 0 Å². The van der Waals surface area contributed by atoms with E-state index < -0.39 is 5.97 Å². The van der Waals surface area contributed by atoms with Crippen LogP contribution in [0.3, 0.4) is 0 Å². The molecule has 0 aliphatic rings. The van der Waals surface area contributed by atoms with Crippen LogP contribution in [-0.4, -0.2) is 5.97 Å². The maximum absolute atomic E-state index is 12.7. The lowest BCUT2D eigenvalue weighted by molar-refractivity contribution is 0.0471. The molecule has 0 atom stereocenters. The fourth-order valence-corrected chi connectivity index (χ4v) is 2.98. The summed E-state index contributed by atoms with van der Waals surface area (Å²) in [6.45, 7) is 0.208. The summed E-state index contributed by atoms with van der Waals surface area (Å²) in [5, 5.41) is 2.21. The number of hydrogen-bond acceptors (Lipinski definition) is 3. The molecule has 0 bridgehead atoms. The number of rotatable bonds is 5. The van der Waals surface area contributed by atoms with E-state index >= 15 is 0 Å². The Morgan fingerprint density at radius 1 is 0.704 bits per heavy atom. The standard InChI is InChI=1S/C24H18O3/c25-24(26-17-19-11-8-10-18-9-4-5-14-21(18)19)22-15-6-7-16-23(22)27-20-12-2-1-3-13-20/h1-16H,17H2. The Morgan fingerprint density at radius 2 is 1.41 bits per heavy atom. The smallest absolute Gasteiger partial charge is 0.342 e. The average Bonchev–Trinajstić information content (AvgIpc) is 2.73. The summed E-state index contributed by atoms with van der Waals surface area (Å²) < 4.78 is 11.4. The van der Waals surface area contributed by atoms with Crippen LogP contribution in [0.25, 0.3) is 10.8 Å². The molecule has 132 valence electrons. The molecule has 0 heterocycles. The molecule has 0 saturated carbocycles. The maximum Gasteiger partial charge on any atom is 0.342 e. The van der Waals surface area contributed by atoms with Crippen LogP contribution in [0.2, 0.25) is 0 Å². The molecular formula is C24H18O3. The Hall–Kier alpha value is -3.59. The van der Waals surface area contributed by atoms with E-state index in [4.69, 9.17) is 9.47 Å². The quantitative estimate of drug-likeness (QED) is 0.413. The Labute approximate surface area is 157 Å². The van der Waals surface area contributed by atoms with Gasteiger partial charge in [-0.05, 0) is 40.6 Å². The van der Waals surface area contributed by atoms with Crippen molar-refractivity contribution in [2.24, 2.45) is 0 Å². The zero-order chi connectivity index (χ0) is 18.5. The largest absolute Gasteiger partial charge is 0.457 e. The van der Waals surface area contributed by atoms with Gasteiger partial charge in [0.15, 0.2) is 0 Å². The van der Waals surface area contributed by atoms with Crippen molar-refractivity contribution < 1.29 is 14.3 Å². The SMILES string of the molecule is O=C(OCc1cccc2ccccc12)c1ccccc1Oc1ccccc1. The van der Waals surface area contributed by atoms with Gasteiger partial charge in [0, 0.05) is 0 Å². The highest BCUT2D eigenvalue weighted by Crippen LogP contribution is 2.26. The number of ether oxygens (including phenoxy) is 2. The van der Waals surface area contributed by atoms with Gasteiger partial charge >= 0.3 is 5.97 Å². The van der Waals surface area contributed by atoms with E-state index in [1.807, 2.05) is 78.9 Å². The van der Waals surface area contributed by atoms with Crippen molar-refractivity contribution in [3.8, 4) is 11.5 Å². The molecule has 4 aromatic rings. The fourth-order valence-electron chi connectivity index (χ4n) is 2.98. The summed E-state index contributed by atoms with van der Waals surface area (Å²) in [6, 6.07) is 30.5. The summed E-state index contributed by atoms with van der Waals surface area (Å²) in [7, 11) is 0. The van der Waals surface area contributed by atoms with Gasteiger partial charge in [0.05, 0.1) is 0 Å². The van der Waals surface area contributed by atoms with E-state index in [0.717, 1.165) is 16.3 Å². The third kappa shape index (κ3) is 3.82. The predicted molar refractivity (Wildman–Crippen MR) is 106 cm³/mol. The van der Waals surface area contributed by atoms with Crippen LogP contribution < -0.4 is 4.74 Å². The maximum atomic E-state index is 12.7. The topological polar surface area (TPSA) is 35.5 Å². The van der Waals surface area contributed by atoms with Crippen LogP contribution >= 0.6 is 0 Å². The number of benzene rings is 4. The van der Waals surface area contributed by atoms with Gasteiger partial charge in [-0.15, -0.1) is 0 Å². The predicted octanol–water partition coefficient (Wildman–Crippen LogP) is 5.99. The van der Waals surface area contributed by atoms with Crippen molar-refractivity contribution in [3.63, 3.8) is 0 Å². The first-order valence-corrected chi connectivity index (χ1v) is 8.77. The van der Waals surface area contributed by atoms with Gasteiger partial charge in [0.25, 0.3) is 0 Å². The van der Waals surface area contributed by atoms with E-state index in [0.29, 0.717) is 17.1 Å². The molecule has 3 heteroatoms. The van der Waals surface area contributed by atoms with Crippen molar-refractivity contribution in [3.05, 3.63) is 108 Å². The number of carbonyl (C=O) groups is 1. The minimum atomic E-state index is -0.408. The van der Waals surface area contributed by atoms with E-state index in [9.17, 15) is 4.79 Å². The summed E-state index contributed by atoms with van der Waals surface area (Å²) >= 11 is 0. The number of esters is 1. The van der Waals surface area contributed by atoms with Gasteiger partial charge in [-0.2, -0.15) is 0 Å². The summed E-state index contributed by atoms with van der Waals surface area (Å²) in [6.07, 6.45) is 0. The van der Waals surface area contributed by atoms with E-state index in [-0.39, 0.29) is 6.61 Å². The molecule has 4 rings (SSSR count). The Morgan fingerprint density at radius 3 is 2.30 bits per heavy atom. The van der Waals surface area contributed by atoms with Crippen LogP contribution in [0.15, 0.2) is 97.1 Å². The zero-order valence-corrected chi connectivity index (χ0v) is 14.7.